The van der Waals surface area contributed by atoms with Gasteiger partial charge in [-0.3, -0.25) is 4.79 Å². The van der Waals surface area contributed by atoms with Crippen molar-refractivity contribution in [1.29, 1.82) is 0 Å². The smallest absolute Gasteiger partial charge is 0.261 e. The van der Waals surface area contributed by atoms with Crippen molar-refractivity contribution in [2.24, 2.45) is 0 Å². The van der Waals surface area contributed by atoms with Crippen LogP contribution in [0.25, 0.3) is 10.9 Å². The SMILES string of the molecule is COc1ccc(Cn2ccc3nc(N4CCN(c5ccc(OC)cc5)CC4)ncc3c2=O)cc1. The summed E-state index contributed by atoms with van der Waals surface area (Å²) in [7, 11) is 3.31. The van der Waals surface area contributed by atoms with E-state index in [1.54, 1.807) is 31.2 Å². The Balaban J connectivity index is 1.29. The largest absolute Gasteiger partial charge is 0.497 e. The molecular weight excluding hydrogens is 430 g/mol. The second-order valence-corrected chi connectivity index (χ2v) is 8.24. The Bertz CT molecular complexity index is 1330. The van der Waals surface area contributed by atoms with Crippen molar-refractivity contribution in [2.45, 2.75) is 6.54 Å². The lowest BCUT2D eigenvalue weighted by Gasteiger charge is -2.36. The maximum Gasteiger partial charge on any atom is 0.261 e. The van der Waals surface area contributed by atoms with Crippen LogP contribution >= 0.6 is 0 Å². The normalized spacial score (nSPS) is 13.8. The van der Waals surface area contributed by atoms with Gasteiger partial charge >= 0.3 is 0 Å². The minimum absolute atomic E-state index is 0.0933. The molecular formula is C26H27N5O3. The van der Waals surface area contributed by atoms with Crippen LogP contribution in [0.3, 0.4) is 0 Å². The number of pyridine rings is 1. The molecule has 2 aromatic carbocycles. The van der Waals surface area contributed by atoms with Crippen LogP contribution in [-0.4, -0.2) is 54.9 Å². The number of nitrogens with zero attached hydrogens (tertiary/aromatic N) is 5. The average Bonchev–Trinajstić information content (AvgIpc) is 2.90. The summed E-state index contributed by atoms with van der Waals surface area (Å²) in [6.45, 7) is 3.85. The molecule has 8 nitrogen and oxygen atoms in total. The first kappa shape index (κ1) is 21.8. The van der Waals surface area contributed by atoms with E-state index in [0.717, 1.165) is 43.2 Å². The van der Waals surface area contributed by atoms with E-state index < -0.39 is 0 Å². The Morgan fingerprint density at radius 3 is 2.09 bits per heavy atom. The van der Waals surface area contributed by atoms with Gasteiger partial charge in [0.1, 0.15) is 11.5 Å². The third-order valence-electron chi connectivity index (χ3n) is 6.22. The summed E-state index contributed by atoms with van der Waals surface area (Å²) in [6, 6.07) is 17.7. The minimum atomic E-state index is -0.0933. The number of hydrogen-bond donors (Lipinski definition) is 0. The van der Waals surface area contributed by atoms with Gasteiger partial charge in [0.05, 0.1) is 31.7 Å². The number of methoxy groups -OCH3 is 2. The van der Waals surface area contributed by atoms with E-state index in [4.69, 9.17) is 14.5 Å². The number of aromatic nitrogens is 3. The van der Waals surface area contributed by atoms with E-state index in [-0.39, 0.29) is 5.56 Å². The van der Waals surface area contributed by atoms with Crippen LogP contribution in [-0.2, 0) is 6.54 Å². The molecule has 0 radical (unpaired) electrons. The molecule has 8 heteroatoms. The van der Waals surface area contributed by atoms with Gasteiger partial charge in [-0.2, -0.15) is 0 Å². The number of benzene rings is 2. The van der Waals surface area contributed by atoms with Gasteiger partial charge in [0.2, 0.25) is 5.95 Å². The molecule has 0 atom stereocenters. The summed E-state index contributed by atoms with van der Waals surface area (Å²) in [5.41, 5.74) is 2.77. The molecule has 1 fully saturated rings. The van der Waals surface area contributed by atoms with E-state index in [1.165, 1.54) is 5.69 Å². The van der Waals surface area contributed by atoms with Crippen LogP contribution in [0.15, 0.2) is 71.8 Å². The van der Waals surface area contributed by atoms with Crippen molar-refractivity contribution in [3.05, 3.63) is 82.9 Å². The second-order valence-electron chi connectivity index (χ2n) is 8.24. The fourth-order valence-corrected chi connectivity index (χ4v) is 4.22. The van der Waals surface area contributed by atoms with Gasteiger partial charge in [-0.1, -0.05) is 12.1 Å². The Kier molecular flexibility index (Phi) is 6.03. The Morgan fingerprint density at radius 1 is 0.824 bits per heavy atom. The third kappa shape index (κ3) is 4.39. The molecule has 0 spiro atoms. The van der Waals surface area contributed by atoms with E-state index >= 15 is 0 Å². The summed E-state index contributed by atoms with van der Waals surface area (Å²) in [5, 5.41) is 0.525. The number of piperazine rings is 1. The van der Waals surface area contributed by atoms with Gasteiger partial charge < -0.3 is 23.8 Å². The zero-order valence-corrected chi connectivity index (χ0v) is 19.3. The first-order valence-corrected chi connectivity index (χ1v) is 11.3. The maximum absolute atomic E-state index is 13.0. The van der Waals surface area contributed by atoms with Crippen molar-refractivity contribution < 1.29 is 9.47 Å². The number of hydrogen-bond acceptors (Lipinski definition) is 7. The van der Waals surface area contributed by atoms with Crippen LogP contribution in [0.1, 0.15) is 5.56 Å². The molecule has 174 valence electrons. The number of anilines is 2. The monoisotopic (exact) mass is 457 g/mol. The topological polar surface area (TPSA) is 72.7 Å². The standard InChI is InChI=1S/C26H27N5O3/c1-33-21-7-3-19(4-8-21)18-31-12-11-24-23(25(31)32)17-27-26(28-24)30-15-13-29(14-16-30)20-5-9-22(34-2)10-6-20/h3-12,17H,13-16,18H2,1-2H3. The van der Waals surface area contributed by atoms with Gasteiger partial charge in [0, 0.05) is 44.3 Å². The number of fused-ring (bicyclic) bond motifs is 1. The van der Waals surface area contributed by atoms with Gasteiger partial charge in [-0.25, -0.2) is 9.97 Å². The molecule has 0 unspecified atom stereocenters. The Labute approximate surface area is 198 Å². The van der Waals surface area contributed by atoms with Crippen molar-refractivity contribution in [3.63, 3.8) is 0 Å². The molecule has 1 saturated heterocycles. The van der Waals surface area contributed by atoms with Gasteiger partial charge in [-0.15, -0.1) is 0 Å². The number of rotatable bonds is 6. The highest BCUT2D eigenvalue weighted by atomic mass is 16.5. The number of ether oxygens (including phenoxy) is 2. The highest BCUT2D eigenvalue weighted by Gasteiger charge is 2.20. The predicted octanol–water partition coefficient (Wildman–Crippen LogP) is 3.18. The summed E-state index contributed by atoms with van der Waals surface area (Å²) >= 11 is 0. The molecule has 1 aliphatic heterocycles. The highest BCUT2D eigenvalue weighted by Crippen LogP contribution is 2.22. The second kappa shape index (κ2) is 9.43. The molecule has 5 rings (SSSR count). The zero-order valence-electron chi connectivity index (χ0n) is 19.3. The highest BCUT2D eigenvalue weighted by molar-refractivity contribution is 5.77. The van der Waals surface area contributed by atoms with Gasteiger partial charge in [-0.05, 0) is 48.0 Å². The molecule has 34 heavy (non-hydrogen) atoms. The van der Waals surface area contributed by atoms with E-state index in [1.807, 2.05) is 42.5 Å². The van der Waals surface area contributed by atoms with Gasteiger partial charge in [0.25, 0.3) is 5.56 Å². The zero-order chi connectivity index (χ0) is 23.5. The van der Waals surface area contributed by atoms with Crippen LogP contribution in [0.5, 0.6) is 11.5 Å². The predicted molar refractivity (Wildman–Crippen MR) is 133 cm³/mol. The van der Waals surface area contributed by atoms with Crippen molar-refractivity contribution in [2.75, 3.05) is 50.2 Å². The molecule has 2 aromatic heterocycles. The van der Waals surface area contributed by atoms with E-state index in [0.29, 0.717) is 23.4 Å². The fourth-order valence-electron chi connectivity index (χ4n) is 4.22. The summed E-state index contributed by atoms with van der Waals surface area (Å²) in [5.74, 6) is 2.31. The van der Waals surface area contributed by atoms with Crippen molar-refractivity contribution in [1.82, 2.24) is 14.5 Å². The third-order valence-corrected chi connectivity index (χ3v) is 6.22. The lowest BCUT2D eigenvalue weighted by molar-refractivity contribution is 0.414. The molecule has 0 amide bonds. The molecule has 1 aliphatic rings. The van der Waals surface area contributed by atoms with Crippen LogP contribution in [0.4, 0.5) is 11.6 Å². The Hall–Kier alpha value is -4.07. The lowest BCUT2D eigenvalue weighted by Crippen LogP contribution is -2.47. The molecule has 4 aromatic rings. The first-order valence-electron chi connectivity index (χ1n) is 11.3. The maximum atomic E-state index is 13.0. The fraction of sp³-hybridized carbons (Fsp3) is 0.269. The van der Waals surface area contributed by atoms with Crippen LogP contribution in [0, 0.1) is 0 Å². The van der Waals surface area contributed by atoms with Crippen LogP contribution in [0.2, 0.25) is 0 Å². The lowest BCUT2D eigenvalue weighted by atomic mass is 10.2. The van der Waals surface area contributed by atoms with Crippen molar-refractivity contribution in [3.8, 4) is 11.5 Å². The van der Waals surface area contributed by atoms with Gasteiger partial charge in [0.15, 0.2) is 0 Å². The molecule has 0 bridgehead atoms. The molecule has 0 N–H and O–H groups in total. The Morgan fingerprint density at radius 2 is 1.44 bits per heavy atom. The first-order chi connectivity index (χ1) is 16.6. The van der Waals surface area contributed by atoms with Crippen molar-refractivity contribution >= 4 is 22.5 Å². The molecule has 0 aliphatic carbocycles. The van der Waals surface area contributed by atoms with E-state index in [9.17, 15) is 4.79 Å². The average molecular weight is 458 g/mol. The molecule has 3 heterocycles. The minimum Gasteiger partial charge on any atom is -0.497 e. The molecule has 0 saturated carbocycles. The summed E-state index contributed by atoms with van der Waals surface area (Å²) in [6.07, 6.45) is 3.45. The summed E-state index contributed by atoms with van der Waals surface area (Å²) in [4.78, 5) is 26.8. The van der Waals surface area contributed by atoms with Crippen LogP contribution < -0.4 is 24.8 Å². The summed E-state index contributed by atoms with van der Waals surface area (Å²) < 4.78 is 12.1. The quantitative estimate of drug-likeness (QED) is 0.440. The van der Waals surface area contributed by atoms with E-state index in [2.05, 4.69) is 26.9 Å².